The summed E-state index contributed by atoms with van der Waals surface area (Å²) in [6, 6.07) is 7.81. The molecule has 0 bridgehead atoms. The lowest BCUT2D eigenvalue weighted by Gasteiger charge is -2.17. The summed E-state index contributed by atoms with van der Waals surface area (Å²) in [6.45, 7) is 4.11. The molecule has 1 atom stereocenters. The van der Waals surface area contributed by atoms with Gasteiger partial charge in [0, 0.05) is 20.5 Å². The fourth-order valence-corrected chi connectivity index (χ4v) is 1.43. The summed E-state index contributed by atoms with van der Waals surface area (Å²) in [6.07, 6.45) is 0.0708. The molecular formula is C13H19NO2. The van der Waals surface area contributed by atoms with Crippen LogP contribution in [0, 0.1) is 6.92 Å². The van der Waals surface area contributed by atoms with Gasteiger partial charge in [0.1, 0.15) is 0 Å². The van der Waals surface area contributed by atoms with Gasteiger partial charge >= 0.3 is 0 Å². The number of hydrogen-bond donors (Lipinski definition) is 1. The summed E-state index contributed by atoms with van der Waals surface area (Å²) in [4.78, 5) is 12.6. The average Bonchev–Trinajstić information content (AvgIpc) is 2.26. The molecule has 0 saturated heterocycles. The zero-order chi connectivity index (χ0) is 12.1. The molecule has 1 amide bonds. The van der Waals surface area contributed by atoms with Crippen LogP contribution in [-0.2, 0) is 4.79 Å². The van der Waals surface area contributed by atoms with Crippen LogP contribution >= 0.6 is 0 Å². The Morgan fingerprint density at radius 2 is 1.94 bits per heavy atom. The minimum Gasteiger partial charge on any atom is -0.388 e. The molecule has 1 aromatic rings. The SMILES string of the molecule is CC(=O)N(C)CC[C@@H](O)c1ccc(C)cc1. The van der Waals surface area contributed by atoms with E-state index < -0.39 is 6.10 Å². The van der Waals surface area contributed by atoms with Gasteiger partial charge in [0.15, 0.2) is 0 Å². The summed E-state index contributed by atoms with van der Waals surface area (Å²) >= 11 is 0. The van der Waals surface area contributed by atoms with E-state index >= 15 is 0 Å². The Balaban J connectivity index is 2.49. The molecule has 1 N–H and O–H groups in total. The van der Waals surface area contributed by atoms with E-state index in [1.807, 2.05) is 31.2 Å². The van der Waals surface area contributed by atoms with Gasteiger partial charge < -0.3 is 10.0 Å². The third-order valence-corrected chi connectivity index (χ3v) is 2.74. The predicted octanol–water partition coefficient (Wildman–Crippen LogP) is 1.90. The van der Waals surface area contributed by atoms with Crippen molar-refractivity contribution in [2.75, 3.05) is 13.6 Å². The molecule has 0 unspecified atom stereocenters. The Morgan fingerprint density at radius 1 is 1.38 bits per heavy atom. The summed E-state index contributed by atoms with van der Waals surface area (Å²) in [5.74, 6) is 0.0242. The maximum absolute atomic E-state index is 11.0. The molecular weight excluding hydrogens is 202 g/mol. The molecule has 0 saturated carbocycles. The van der Waals surface area contributed by atoms with Crippen molar-refractivity contribution < 1.29 is 9.90 Å². The summed E-state index contributed by atoms with van der Waals surface area (Å²) in [7, 11) is 1.74. The van der Waals surface area contributed by atoms with Gasteiger partial charge in [-0.25, -0.2) is 0 Å². The first-order chi connectivity index (χ1) is 7.50. The second-order valence-electron chi connectivity index (χ2n) is 4.16. The molecule has 0 radical (unpaired) electrons. The number of aryl methyl sites for hydroxylation is 1. The first-order valence-electron chi connectivity index (χ1n) is 5.47. The molecule has 1 aromatic carbocycles. The third kappa shape index (κ3) is 3.66. The Labute approximate surface area is 96.7 Å². The fourth-order valence-electron chi connectivity index (χ4n) is 1.43. The molecule has 0 fully saturated rings. The van der Waals surface area contributed by atoms with E-state index in [-0.39, 0.29) is 5.91 Å². The van der Waals surface area contributed by atoms with Crippen molar-refractivity contribution in [2.24, 2.45) is 0 Å². The summed E-state index contributed by atoms with van der Waals surface area (Å²) < 4.78 is 0. The second kappa shape index (κ2) is 5.66. The van der Waals surface area contributed by atoms with Gasteiger partial charge in [-0.15, -0.1) is 0 Å². The van der Waals surface area contributed by atoms with Gasteiger partial charge in [0.2, 0.25) is 5.91 Å². The van der Waals surface area contributed by atoms with E-state index in [2.05, 4.69) is 0 Å². The maximum Gasteiger partial charge on any atom is 0.219 e. The third-order valence-electron chi connectivity index (χ3n) is 2.74. The van der Waals surface area contributed by atoms with Gasteiger partial charge in [0.05, 0.1) is 6.10 Å². The minimum absolute atomic E-state index is 0.0242. The van der Waals surface area contributed by atoms with Crippen molar-refractivity contribution in [1.29, 1.82) is 0 Å². The smallest absolute Gasteiger partial charge is 0.219 e. The Kier molecular flexibility index (Phi) is 4.50. The van der Waals surface area contributed by atoms with Crippen LogP contribution in [0.25, 0.3) is 0 Å². The Bertz CT molecular complexity index is 345. The van der Waals surface area contributed by atoms with Crippen molar-refractivity contribution in [1.82, 2.24) is 4.90 Å². The largest absolute Gasteiger partial charge is 0.388 e. The van der Waals surface area contributed by atoms with Crippen LogP contribution in [0.15, 0.2) is 24.3 Å². The number of aliphatic hydroxyl groups is 1. The lowest BCUT2D eigenvalue weighted by molar-refractivity contribution is -0.127. The Hall–Kier alpha value is -1.35. The zero-order valence-corrected chi connectivity index (χ0v) is 10.1. The predicted molar refractivity (Wildman–Crippen MR) is 64.1 cm³/mol. The van der Waals surface area contributed by atoms with Gasteiger partial charge in [0.25, 0.3) is 0 Å². The molecule has 88 valence electrons. The first kappa shape index (κ1) is 12.7. The normalized spacial score (nSPS) is 12.2. The number of carbonyl (C=O) groups excluding carboxylic acids is 1. The van der Waals surface area contributed by atoms with E-state index in [1.54, 1.807) is 11.9 Å². The zero-order valence-electron chi connectivity index (χ0n) is 10.1. The lowest BCUT2D eigenvalue weighted by Crippen LogP contribution is -2.26. The van der Waals surface area contributed by atoms with Crippen molar-refractivity contribution in [3.63, 3.8) is 0 Å². The topological polar surface area (TPSA) is 40.5 Å². The van der Waals surface area contributed by atoms with Gasteiger partial charge in [-0.3, -0.25) is 4.79 Å². The van der Waals surface area contributed by atoms with Crippen molar-refractivity contribution in [3.8, 4) is 0 Å². The van der Waals surface area contributed by atoms with Crippen LogP contribution in [0.5, 0.6) is 0 Å². The molecule has 3 heteroatoms. The minimum atomic E-state index is -0.498. The molecule has 0 heterocycles. The molecule has 0 spiro atoms. The molecule has 16 heavy (non-hydrogen) atoms. The van der Waals surface area contributed by atoms with Gasteiger partial charge in [-0.2, -0.15) is 0 Å². The summed E-state index contributed by atoms with van der Waals surface area (Å²) in [5, 5.41) is 9.90. The quantitative estimate of drug-likeness (QED) is 0.843. The Morgan fingerprint density at radius 3 is 2.44 bits per heavy atom. The number of hydrogen-bond acceptors (Lipinski definition) is 2. The molecule has 0 aromatic heterocycles. The van der Waals surface area contributed by atoms with Crippen molar-refractivity contribution >= 4 is 5.91 Å². The van der Waals surface area contributed by atoms with E-state index in [1.165, 1.54) is 12.5 Å². The monoisotopic (exact) mass is 221 g/mol. The van der Waals surface area contributed by atoms with E-state index in [0.717, 1.165) is 5.56 Å². The van der Waals surface area contributed by atoms with E-state index in [0.29, 0.717) is 13.0 Å². The highest BCUT2D eigenvalue weighted by atomic mass is 16.3. The van der Waals surface area contributed by atoms with Crippen LogP contribution in [0.4, 0.5) is 0 Å². The van der Waals surface area contributed by atoms with Crippen LogP contribution in [0.2, 0.25) is 0 Å². The highest BCUT2D eigenvalue weighted by Crippen LogP contribution is 2.17. The second-order valence-corrected chi connectivity index (χ2v) is 4.16. The number of benzene rings is 1. The number of carbonyl (C=O) groups is 1. The van der Waals surface area contributed by atoms with E-state index in [4.69, 9.17) is 0 Å². The molecule has 1 rings (SSSR count). The first-order valence-corrected chi connectivity index (χ1v) is 5.47. The van der Waals surface area contributed by atoms with Crippen LogP contribution in [0.3, 0.4) is 0 Å². The fraction of sp³-hybridized carbons (Fsp3) is 0.462. The lowest BCUT2D eigenvalue weighted by atomic mass is 10.0. The maximum atomic E-state index is 11.0. The van der Waals surface area contributed by atoms with E-state index in [9.17, 15) is 9.90 Å². The highest BCUT2D eigenvalue weighted by molar-refractivity contribution is 5.72. The number of aliphatic hydroxyl groups excluding tert-OH is 1. The highest BCUT2D eigenvalue weighted by Gasteiger charge is 2.09. The van der Waals surface area contributed by atoms with Crippen molar-refractivity contribution in [2.45, 2.75) is 26.4 Å². The van der Waals surface area contributed by atoms with Crippen LogP contribution in [0.1, 0.15) is 30.6 Å². The molecule has 0 aliphatic heterocycles. The number of amides is 1. The number of nitrogens with zero attached hydrogens (tertiary/aromatic N) is 1. The van der Waals surface area contributed by atoms with Crippen LogP contribution in [-0.4, -0.2) is 29.5 Å². The molecule has 3 nitrogen and oxygen atoms in total. The van der Waals surface area contributed by atoms with Crippen molar-refractivity contribution in [3.05, 3.63) is 35.4 Å². The number of rotatable bonds is 4. The van der Waals surface area contributed by atoms with Gasteiger partial charge in [-0.05, 0) is 18.9 Å². The standard InChI is InChI=1S/C13H19NO2/c1-10-4-6-12(7-5-10)13(16)8-9-14(3)11(2)15/h4-7,13,16H,8-9H2,1-3H3/t13-/m1/s1. The van der Waals surface area contributed by atoms with Gasteiger partial charge in [-0.1, -0.05) is 29.8 Å². The average molecular weight is 221 g/mol. The van der Waals surface area contributed by atoms with Crippen LogP contribution < -0.4 is 0 Å². The summed E-state index contributed by atoms with van der Waals surface area (Å²) in [5.41, 5.74) is 2.08. The molecule has 0 aliphatic rings. The molecule has 0 aliphatic carbocycles.